The molecule has 194 valence electrons. The third kappa shape index (κ3) is 8.67. The van der Waals surface area contributed by atoms with Crippen molar-refractivity contribution in [3.05, 3.63) is 63.6 Å². The molecule has 9 heteroatoms. The van der Waals surface area contributed by atoms with Crippen LogP contribution in [0.3, 0.4) is 0 Å². The Morgan fingerprint density at radius 3 is 2.14 bits per heavy atom. The van der Waals surface area contributed by atoms with Gasteiger partial charge >= 0.3 is 6.09 Å². The molecule has 1 N–H and O–H groups in total. The second-order valence-electron chi connectivity index (χ2n) is 11.0. The normalized spacial score (nSPS) is 14.3. The van der Waals surface area contributed by atoms with Gasteiger partial charge in [-0.1, -0.05) is 68.2 Å². The van der Waals surface area contributed by atoms with Crippen LogP contribution in [-0.4, -0.2) is 49.5 Å². The molecular formula is C26H35Cl2NO5S. The molecule has 0 saturated heterocycles. The summed E-state index contributed by atoms with van der Waals surface area (Å²) in [6.45, 7) is 11.7. The molecule has 0 aliphatic carbocycles. The van der Waals surface area contributed by atoms with Gasteiger partial charge in [0.25, 0.3) is 0 Å². The minimum Gasteiger partial charge on any atom is -0.444 e. The number of rotatable bonds is 7. The fourth-order valence-corrected chi connectivity index (χ4v) is 5.00. The molecule has 0 spiro atoms. The number of amides is 1. The van der Waals surface area contributed by atoms with Gasteiger partial charge in [0.15, 0.2) is 9.84 Å². The first kappa shape index (κ1) is 29.4. The van der Waals surface area contributed by atoms with Crippen molar-refractivity contribution in [1.29, 1.82) is 0 Å². The Balaban J connectivity index is 2.63. The molecule has 2 aromatic carbocycles. The monoisotopic (exact) mass is 543 g/mol. The van der Waals surface area contributed by atoms with Crippen molar-refractivity contribution in [2.45, 2.75) is 64.1 Å². The van der Waals surface area contributed by atoms with Gasteiger partial charge in [0.2, 0.25) is 0 Å². The Morgan fingerprint density at radius 1 is 1.03 bits per heavy atom. The van der Waals surface area contributed by atoms with E-state index in [0.29, 0.717) is 17.1 Å². The number of sulfone groups is 1. The molecule has 0 aliphatic heterocycles. The minimum atomic E-state index is -3.62. The summed E-state index contributed by atoms with van der Waals surface area (Å²) in [4.78, 5) is 14.8. The lowest BCUT2D eigenvalue weighted by atomic mass is 9.87. The molecule has 0 radical (unpaired) electrons. The highest BCUT2D eigenvalue weighted by atomic mass is 35.5. The number of benzene rings is 2. The van der Waals surface area contributed by atoms with E-state index in [4.69, 9.17) is 27.9 Å². The third-order valence-corrected chi connectivity index (χ3v) is 7.03. The molecule has 2 aromatic rings. The average Bonchev–Trinajstić information content (AvgIpc) is 2.70. The Hall–Kier alpha value is -1.80. The zero-order valence-electron chi connectivity index (χ0n) is 21.3. The van der Waals surface area contributed by atoms with E-state index in [1.807, 2.05) is 20.8 Å². The molecular weight excluding hydrogens is 509 g/mol. The Morgan fingerprint density at radius 2 is 1.63 bits per heavy atom. The Labute approximate surface area is 219 Å². The number of aliphatic hydroxyl groups excluding tert-OH is 1. The van der Waals surface area contributed by atoms with Gasteiger partial charge in [-0.2, -0.15) is 0 Å². The quantitative estimate of drug-likeness (QED) is 0.430. The van der Waals surface area contributed by atoms with Crippen LogP contribution in [0, 0.1) is 5.41 Å². The second kappa shape index (κ2) is 11.1. The summed E-state index contributed by atoms with van der Waals surface area (Å²) in [5.74, 6) is -0.720. The maximum Gasteiger partial charge on any atom is 0.410 e. The van der Waals surface area contributed by atoms with Gasteiger partial charge in [-0.3, -0.25) is 0 Å². The SMILES string of the molecule is CC(C)(C)CN(C[C@@H](c1ccc(Cl)c(Cl)c1)[C@H](O)c1ccccc1S(C)(=O)=O)C(=O)OC(C)(C)C. The summed E-state index contributed by atoms with van der Waals surface area (Å²) in [6, 6.07) is 11.3. The summed E-state index contributed by atoms with van der Waals surface area (Å²) in [5.41, 5.74) is -0.133. The highest BCUT2D eigenvalue weighted by Gasteiger charge is 2.34. The number of hydrogen-bond acceptors (Lipinski definition) is 5. The number of halogens is 2. The standard InChI is InChI=1S/C26H35Cl2NO5S/c1-25(2,3)16-29(24(31)34-26(4,5)6)15-19(17-12-13-20(27)21(28)14-17)23(30)18-10-8-9-11-22(18)35(7,32)33/h8-14,19,23,30H,15-16H2,1-7H3/t19-,23+/m0/s1. The molecule has 2 rings (SSSR count). The lowest BCUT2D eigenvalue weighted by Crippen LogP contribution is -2.44. The summed E-state index contributed by atoms with van der Waals surface area (Å²) in [7, 11) is -3.62. The van der Waals surface area contributed by atoms with Gasteiger partial charge < -0.3 is 14.7 Å². The van der Waals surface area contributed by atoms with Crippen molar-refractivity contribution in [2.75, 3.05) is 19.3 Å². The van der Waals surface area contributed by atoms with Crippen molar-refractivity contribution in [1.82, 2.24) is 4.90 Å². The van der Waals surface area contributed by atoms with Gasteiger partial charge in [-0.25, -0.2) is 13.2 Å². The van der Waals surface area contributed by atoms with Gasteiger partial charge in [-0.15, -0.1) is 0 Å². The van der Waals surface area contributed by atoms with E-state index in [1.165, 1.54) is 6.07 Å². The van der Waals surface area contributed by atoms with Gasteiger partial charge in [0, 0.05) is 25.3 Å². The van der Waals surface area contributed by atoms with Crippen LogP contribution in [0.4, 0.5) is 4.79 Å². The largest absolute Gasteiger partial charge is 0.444 e. The van der Waals surface area contributed by atoms with E-state index in [2.05, 4.69) is 0 Å². The van der Waals surface area contributed by atoms with Crippen molar-refractivity contribution < 1.29 is 23.1 Å². The highest BCUT2D eigenvalue weighted by molar-refractivity contribution is 7.90. The van der Waals surface area contributed by atoms with Crippen molar-refractivity contribution in [3.8, 4) is 0 Å². The minimum absolute atomic E-state index is 0.0252. The first-order chi connectivity index (χ1) is 15.9. The van der Waals surface area contributed by atoms with Crippen LogP contribution in [0.15, 0.2) is 47.4 Å². The molecule has 0 aliphatic rings. The third-order valence-electron chi connectivity index (χ3n) is 5.12. The number of aliphatic hydroxyl groups is 1. The smallest absolute Gasteiger partial charge is 0.410 e. The fourth-order valence-electron chi connectivity index (χ4n) is 3.75. The maximum atomic E-state index is 13.2. The lowest BCUT2D eigenvalue weighted by molar-refractivity contribution is 0.0126. The molecule has 0 bridgehead atoms. The fraction of sp³-hybridized carbons (Fsp3) is 0.500. The van der Waals surface area contributed by atoms with Crippen molar-refractivity contribution in [2.24, 2.45) is 5.41 Å². The van der Waals surface area contributed by atoms with Gasteiger partial charge in [0.1, 0.15) is 5.60 Å². The number of carbonyl (C=O) groups excluding carboxylic acids is 1. The molecule has 0 fully saturated rings. The van der Waals surface area contributed by atoms with Crippen LogP contribution in [-0.2, 0) is 14.6 Å². The van der Waals surface area contributed by atoms with Crippen LogP contribution in [0.25, 0.3) is 0 Å². The summed E-state index contributed by atoms with van der Waals surface area (Å²) >= 11 is 12.4. The molecule has 1 amide bonds. The molecule has 0 unspecified atom stereocenters. The van der Waals surface area contributed by atoms with E-state index in [9.17, 15) is 18.3 Å². The first-order valence-corrected chi connectivity index (χ1v) is 13.9. The Kier molecular flexibility index (Phi) is 9.31. The van der Waals surface area contributed by atoms with E-state index in [0.717, 1.165) is 6.26 Å². The summed E-state index contributed by atoms with van der Waals surface area (Å²) in [6.07, 6.45) is -0.691. The van der Waals surface area contributed by atoms with Gasteiger partial charge in [0.05, 0.1) is 21.0 Å². The van der Waals surface area contributed by atoms with E-state index in [-0.39, 0.29) is 27.4 Å². The van der Waals surface area contributed by atoms with Crippen molar-refractivity contribution >= 4 is 39.1 Å². The zero-order valence-corrected chi connectivity index (χ0v) is 23.6. The summed E-state index contributed by atoms with van der Waals surface area (Å²) < 4.78 is 30.6. The van der Waals surface area contributed by atoms with Crippen molar-refractivity contribution in [3.63, 3.8) is 0 Å². The van der Waals surface area contributed by atoms with Crippen LogP contribution < -0.4 is 0 Å². The van der Waals surface area contributed by atoms with E-state index >= 15 is 0 Å². The van der Waals surface area contributed by atoms with Gasteiger partial charge in [-0.05, 0) is 55.5 Å². The molecule has 2 atom stereocenters. The van der Waals surface area contributed by atoms with Crippen LogP contribution in [0.2, 0.25) is 10.0 Å². The highest BCUT2D eigenvalue weighted by Crippen LogP contribution is 2.38. The number of hydrogen-bond donors (Lipinski definition) is 1. The first-order valence-electron chi connectivity index (χ1n) is 11.3. The maximum absolute atomic E-state index is 13.2. The van der Waals surface area contributed by atoms with Crippen LogP contribution >= 0.6 is 23.2 Å². The molecule has 0 heterocycles. The molecule has 0 saturated carbocycles. The number of ether oxygens (including phenoxy) is 1. The molecule has 0 aromatic heterocycles. The number of nitrogens with zero attached hydrogens (tertiary/aromatic N) is 1. The van der Waals surface area contributed by atoms with E-state index in [1.54, 1.807) is 62.1 Å². The van der Waals surface area contributed by atoms with Crippen LogP contribution in [0.5, 0.6) is 0 Å². The van der Waals surface area contributed by atoms with E-state index < -0.39 is 33.6 Å². The zero-order chi connectivity index (χ0) is 26.8. The predicted octanol–water partition coefficient (Wildman–Crippen LogP) is 6.50. The Bertz CT molecular complexity index is 1150. The van der Waals surface area contributed by atoms with Crippen LogP contribution in [0.1, 0.15) is 64.7 Å². The second-order valence-corrected chi connectivity index (χ2v) is 13.8. The number of carbonyl (C=O) groups is 1. The molecule has 6 nitrogen and oxygen atoms in total. The lowest BCUT2D eigenvalue weighted by Gasteiger charge is -2.36. The average molecular weight is 545 g/mol. The summed E-state index contributed by atoms with van der Waals surface area (Å²) in [5, 5.41) is 12.2. The molecule has 35 heavy (non-hydrogen) atoms. The predicted molar refractivity (Wildman–Crippen MR) is 141 cm³/mol. The topological polar surface area (TPSA) is 83.9 Å².